The summed E-state index contributed by atoms with van der Waals surface area (Å²) < 4.78 is 10.7. The van der Waals surface area contributed by atoms with Crippen molar-refractivity contribution in [3.8, 4) is 23.0 Å². The zero-order valence-corrected chi connectivity index (χ0v) is 12.5. The van der Waals surface area contributed by atoms with E-state index in [1.807, 2.05) is 0 Å². The normalized spacial score (nSPS) is 11.0. The quantitative estimate of drug-likeness (QED) is 0.496. The number of phenolic OH excluding ortho intramolecular Hbond substituents is 3. The average molecular weight is 314 g/mol. The number of rotatable bonds is 2. The van der Waals surface area contributed by atoms with Crippen LogP contribution >= 0.6 is 0 Å². The van der Waals surface area contributed by atoms with Crippen molar-refractivity contribution in [3.63, 3.8) is 0 Å². The molecular weight excluding hydrogens is 300 g/mol. The Morgan fingerprint density at radius 3 is 2.43 bits per heavy atom. The molecule has 0 saturated carbocycles. The molecule has 3 aromatic rings. The third-order valence-corrected chi connectivity index (χ3v) is 3.66. The highest BCUT2D eigenvalue weighted by atomic mass is 16.5. The van der Waals surface area contributed by atoms with Gasteiger partial charge in [-0.3, -0.25) is 4.79 Å². The van der Waals surface area contributed by atoms with Gasteiger partial charge in [-0.1, -0.05) is 6.58 Å². The van der Waals surface area contributed by atoms with Crippen LogP contribution < -0.4 is 10.2 Å². The summed E-state index contributed by atoms with van der Waals surface area (Å²) >= 11 is 0. The van der Waals surface area contributed by atoms with E-state index in [0.29, 0.717) is 5.57 Å². The number of ether oxygens (including phenoxy) is 1. The molecule has 0 amide bonds. The van der Waals surface area contributed by atoms with Gasteiger partial charge in [-0.15, -0.1) is 0 Å². The van der Waals surface area contributed by atoms with Crippen molar-refractivity contribution in [2.45, 2.75) is 6.92 Å². The minimum Gasteiger partial charge on any atom is -0.507 e. The molecule has 0 aliphatic heterocycles. The first-order valence-corrected chi connectivity index (χ1v) is 6.74. The number of benzene rings is 2. The predicted molar refractivity (Wildman–Crippen MR) is 86.2 cm³/mol. The second-order valence-electron chi connectivity index (χ2n) is 5.20. The molecule has 0 saturated heterocycles. The van der Waals surface area contributed by atoms with Gasteiger partial charge < -0.3 is 24.5 Å². The third kappa shape index (κ3) is 1.99. The maximum Gasteiger partial charge on any atom is 0.208 e. The van der Waals surface area contributed by atoms with Gasteiger partial charge in [0.15, 0.2) is 11.3 Å². The van der Waals surface area contributed by atoms with Crippen molar-refractivity contribution >= 4 is 27.5 Å². The Kier molecular flexibility index (Phi) is 3.18. The standard InChI is InChI=1S/C17H14O6/c1-7(2)12-10(22-3)6-11-14(15(12)20)16(21)13-8(18)4-5-9(19)17(13)23-11/h4-6,18-20H,1H2,2-3H3. The molecule has 0 radical (unpaired) electrons. The van der Waals surface area contributed by atoms with E-state index < -0.39 is 5.43 Å². The van der Waals surface area contributed by atoms with Crippen LogP contribution in [0.1, 0.15) is 12.5 Å². The molecule has 0 bridgehead atoms. The van der Waals surface area contributed by atoms with E-state index >= 15 is 0 Å². The van der Waals surface area contributed by atoms with Crippen LogP contribution in [0.4, 0.5) is 0 Å². The van der Waals surface area contributed by atoms with E-state index in [-0.39, 0.29) is 50.5 Å². The molecule has 118 valence electrons. The number of allylic oxidation sites excluding steroid dienone is 1. The van der Waals surface area contributed by atoms with E-state index in [9.17, 15) is 20.1 Å². The van der Waals surface area contributed by atoms with Crippen LogP contribution in [0.3, 0.4) is 0 Å². The summed E-state index contributed by atoms with van der Waals surface area (Å²) in [6, 6.07) is 3.83. The molecule has 3 rings (SSSR count). The van der Waals surface area contributed by atoms with Crippen LogP contribution in [0.15, 0.2) is 34.0 Å². The molecule has 0 fully saturated rings. The van der Waals surface area contributed by atoms with E-state index in [4.69, 9.17) is 9.15 Å². The zero-order valence-electron chi connectivity index (χ0n) is 12.5. The summed E-state index contributed by atoms with van der Waals surface area (Å²) in [4.78, 5) is 12.7. The Morgan fingerprint density at radius 2 is 1.83 bits per heavy atom. The molecule has 1 heterocycles. The average Bonchev–Trinajstić information content (AvgIpc) is 2.49. The van der Waals surface area contributed by atoms with Gasteiger partial charge in [0, 0.05) is 6.07 Å². The number of phenols is 3. The summed E-state index contributed by atoms with van der Waals surface area (Å²) in [6.45, 7) is 5.43. The Hall–Kier alpha value is -3.15. The van der Waals surface area contributed by atoms with Gasteiger partial charge in [-0.2, -0.15) is 0 Å². The van der Waals surface area contributed by atoms with Gasteiger partial charge in [0.05, 0.1) is 12.7 Å². The Morgan fingerprint density at radius 1 is 1.17 bits per heavy atom. The van der Waals surface area contributed by atoms with E-state index in [0.717, 1.165) is 0 Å². The molecule has 6 nitrogen and oxygen atoms in total. The minimum absolute atomic E-state index is 0.0303. The van der Waals surface area contributed by atoms with E-state index in [1.165, 1.54) is 25.3 Å². The van der Waals surface area contributed by atoms with Crippen LogP contribution in [0.2, 0.25) is 0 Å². The summed E-state index contributed by atoms with van der Waals surface area (Å²) in [6.07, 6.45) is 0. The van der Waals surface area contributed by atoms with Crippen molar-refractivity contribution in [1.82, 2.24) is 0 Å². The number of fused-ring (bicyclic) bond motifs is 2. The third-order valence-electron chi connectivity index (χ3n) is 3.66. The highest BCUT2D eigenvalue weighted by Gasteiger charge is 2.22. The fourth-order valence-electron chi connectivity index (χ4n) is 2.61. The second kappa shape index (κ2) is 4.95. The summed E-state index contributed by atoms with van der Waals surface area (Å²) in [5.74, 6) is -0.699. The van der Waals surface area contributed by atoms with Crippen molar-refractivity contribution < 1.29 is 24.5 Å². The number of methoxy groups -OCH3 is 1. The van der Waals surface area contributed by atoms with Crippen LogP contribution in [-0.4, -0.2) is 22.4 Å². The SMILES string of the molecule is C=C(C)c1c(OC)cc2oc3c(O)ccc(O)c3c(=O)c2c1O. The molecule has 23 heavy (non-hydrogen) atoms. The van der Waals surface area contributed by atoms with Crippen LogP contribution in [0.25, 0.3) is 27.5 Å². The molecule has 2 aromatic carbocycles. The lowest BCUT2D eigenvalue weighted by molar-refractivity contribution is 0.406. The lowest BCUT2D eigenvalue weighted by Gasteiger charge is -2.13. The first kappa shape index (κ1) is 14.8. The van der Waals surface area contributed by atoms with Crippen LogP contribution in [0, 0.1) is 0 Å². The minimum atomic E-state index is -0.655. The summed E-state index contributed by atoms with van der Waals surface area (Å²) in [5.41, 5.74) is -0.000693. The summed E-state index contributed by atoms with van der Waals surface area (Å²) in [5, 5.41) is 29.9. The Bertz CT molecular complexity index is 1030. The van der Waals surface area contributed by atoms with Gasteiger partial charge in [-0.05, 0) is 24.6 Å². The largest absolute Gasteiger partial charge is 0.507 e. The van der Waals surface area contributed by atoms with E-state index in [1.54, 1.807) is 6.92 Å². The van der Waals surface area contributed by atoms with Crippen molar-refractivity contribution in [3.05, 3.63) is 40.6 Å². The monoisotopic (exact) mass is 314 g/mol. The van der Waals surface area contributed by atoms with Gasteiger partial charge in [0.25, 0.3) is 0 Å². The Labute approximate surface area is 130 Å². The molecule has 0 unspecified atom stereocenters. The van der Waals surface area contributed by atoms with E-state index in [2.05, 4.69) is 6.58 Å². The number of aromatic hydroxyl groups is 3. The maximum atomic E-state index is 12.7. The van der Waals surface area contributed by atoms with Crippen molar-refractivity contribution in [1.29, 1.82) is 0 Å². The van der Waals surface area contributed by atoms with Crippen molar-refractivity contribution in [2.24, 2.45) is 0 Å². The molecule has 0 aliphatic carbocycles. The second-order valence-corrected chi connectivity index (χ2v) is 5.20. The van der Waals surface area contributed by atoms with Crippen molar-refractivity contribution in [2.75, 3.05) is 7.11 Å². The first-order chi connectivity index (χ1) is 10.9. The fraction of sp³-hybridized carbons (Fsp3) is 0.118. The molecule has 0 spiro atoms. The molecule has 3 N–H and O–H groups in total. The summed E-state index contributed by atoms with van der Waals surface area (Å²) in [7, 11) is 1.41. The van der Waals surface area contributed by atoms with Gasteiger partial charge in [-0.25, -0.2) is 0 Å². The lowest BCUT2D eigenvalue weighted by atomic mass is 10.0. The van der Waals surface area contributed by atoms with Gasteiger partial charge >= 0.3 is 0 Å². The lowest BCUT2D eigenvalue weighted by Crippen LogP contribution is -2.05. The highest BCUT2D eigenvalue weighted by Crippen LogP contribution is 2.41. The van der Waals surface area contributed by atoms with Crippen LogP contribution in [0.5, 0.6) is 23.0 Å². The molecule has 6 heteroatoms. The first-order valence-electron chi connectivity index (χ1n) is 6.74. The Balaban J connectivity index is 2.64. The molecule has 0 aliphatic rings. The topological polar surface area (TPSA) is 100 Å². The molecular formula is C17H14O6. The number of hydrogen-bond acceptors (Lipinski definition) is 6. The van der Waals surface area contributed by atoms with Gasteiger partial charge in [0.1, 0.15) is 33.6 Å². The fourth-order valence-corrected chi connectivity index (χ4v) is 2.61. The molecule has 1 aromatic heterocycles. The number of hydrogen-bond donors (Lipinski definition) is 3. The smallest absolute Gasteiger partial charge is 0.208 e. The molecule has 0 atom stereocenters. The predicted octanol–water partition coefficient (Wildman–Crippen LogP) is 3.10. The highest BCUT2D eigenvalue weighted by molar-refractivity contribution is 6.00. The van der Waals surface area contributed by atoms with Crippen LogP contribution in [-0.2, 0) is 0 Å². The van der Waals surface area contributed by atoms with Gasteiger partial charge in [0.2, 0.25) is 5.43 Å². The zero-order chi connectivity index (χ0) is 16.9. The maximum absolute atomic E-state index is 12.7.